The normalized spacial score (nSPS) is 11.4. The van der Waals surface area contributed by atoms with E-state index in [0.29, 0.717) is 6.54 Å². The Labute approximate surface area is 118 Å². The zero-order chi connectivity index (χ0) is 13.8. The summed E-state index contributed by atoms with van der Waals surface area (Å²) in [6, 6.07) is 18.4. The summed E-state index contributed by atoms with van der Waals surface area (Å²) < 4.78 is 2.18. The summed E-state index contributed by atoms with van der Waals surface area (Å²) in [7, 11) is 0. The molecule has 3 aromatic rings. The quantitative estimate of drug-likeness (QED) is 0.660. The molecule has 100 valence electrons. The minimum atomic E-state index is 0.688. The number of aryl methyl sites for hydroxylation is 1. The van der Waals surface area contributed by atoms with Crippen LogP contribution in [-0.4, -0.2) is 15.8 Å². The highest BCUT2D eigenvalue weighted by molar-refractivity contribution is 5.85. The molecule has 0 N–H and O–H groups in total. The van der Waals surface area contributed by atoms with E-state index in [1.54, 1.807) is 0 Å². The van der Waals surface area contributed by atoms with Crippen LogP contribution in [0.25, 0.3) is 11.0 Å². The third-order valence-corrected chi connectivity index (χ3v) is 3.32. The predicted molar refractivity (Wildman–Crippen MR) is 83.1 cm³/mol. The number of fused-ring (bicyclic) bond motifs is 1. The SMILES string of the molecule is CCn1c(C=NCc2ccccc2)nc2ccccc21. The van der Waals surface area contributed by atoms with Gasteiger partial charge in [-0.1, -0.05) is 42.5 Å². The molecule has 0 amide bonds. The van der Waals surface area contributed by atoms with Gasteiger partial charge in [0.1, 0.15) is 0 Å². The highest BCUT2D eigenvalue weighted by Crippen LogP contribution is 2.14. The molecule has 0 unspecified atom stereocenters. The van der Waals surface area contributed by atoms with E-state index in [1.807, 2.05) is 42.6 Å². The summed E-state index contributed by atoms with van der Waals surface area (Å²) in [5.74, 6) is 0.921. The van der Waals surface area contributed by atoms with Crippen LogP contribution in [0.3, 0.4) is 0 Å². The number of aliphatic imine (C=N–C) groups is 1. The molecule has 0 spiro atoms. The molecular weight excluding hydrogens is 246 g/mol. The summed E-state index contributed by atoms with van der Waals surface area (Å²) in [5.41, 5.74) is 3.40. The Hall–Kier alpha value is -2.42. The molecule has 0 aliphatic rings. The van der Waals surface area contributed by atoms with E-state index in [0.717, 1.165) is 23.4 Å². The molecule has 20 heavy (non-hydrogen) atoms. The topological polar surface area (TPSA) is 30.2 Å². The van der Waals surface area contributed by atoms with Gasteiger partial charge in [-0.15, -0.1) is 0 Å². The van der Waals surface area contributed by atoms with Crippen LogP contribution < -0.4 is 0 Å². The summed E-state index contributed by atoms with van der Waals surface area (Å²) >= 11 is 0. The van der Waals surface area contributed by atoms with Crippen molar-refractivity contribution in [3.8, 4) is 0 Å². The van der Waals surface area contributed by atoms with E-state index in [-0.39, 0.29) is 0 Å². The maximum atomic E-state index is 4.63. The first kappa shape index (κ1) is 12.6. The third kappa shape index (κ3) is 2.48. The summed E-state index contributed by atoms with van der Waals surface area (Å²) in [4.78, 5) is 9.14. The number of nitrogens with zero attached hydrogens (tertiary/aromatic N) is 3. The molecule has 0 radical (unpaired) electrons. The fraction of sp³-hybridized carbons (Fsp3) is 0.176. The zero-order valence-electron chi connectivity index (χ0n) is 11.5. The maximum Gasteiger partial charge on any atom is 0.151 e. The maximum absolute atomic E-state index is 4.63. The van der Waals surface area contributed by atoms with Crippen molar-refractivity contribution in [2.45, 2.75) is 20.0 Å². The molecule has 0 saturated carbocycles. The van der Waals surface area contributed by atoms with E-state index in [4.69, 9.17) is 0 Å². The van der Waals surface area contributed by atoms with Crippen molar-refractivity contribution in [1.29, 1.82) is 0 Å². The zero-order valence-corrected chi connectivity index (χ0v) is 11.5. The van der Waals surface area contributed by atoms with Crippen molar-refractivity contribution in [3.63, 3.8) is 0 Å². The van der Waals surface area contributed by atoms with Gasteiger partial charge in [-0.2, -0.15) is 0 Å². The molecule has 0 aliphatic carbocycles. The number of imidazole rings is 1. The lowest BCUT2D eigenvalue weighted by Crippen LogP contribution is -2.00. The first-order valence-electron chi connectivity index (χ1n) is 6.87. The van der Waals surface area contributed by atoms with Gasteiger partial charge in [0.05, 0.1) is 23.8 Å². The van der Waals surface area contributed by atoms with Crippen LogP contribution >= 0.6 is 0 Å². The van der Waals surface area contributed by atoms with Gasteiger partial charge in [-0.05, 0) is 24.6 Å². The minimum absolute atomic E-state index is 0.688. The van der Waals surface area contributed by atoms with Crippen LogP contribution in [0.5, 0.6) is 0 Å². The van der Waals surface area contributed by atoms with Crippen LogP contribution in [0.2, 0.25) is 0 Å². The van der Waals surface area contributed by atoms with E-state index >= 15 is 0 Å². The van der Waals surface area contributed by atoms with Crippen molar-refractivity contribution in [2.75, 3.05) is 0 Å². The highest BCUT2D eigenvalue weighted by Gasteiger charge is 2.06. The molecule has 1 heterocycles. The molecule has 2 aromatic carbocycles. The monoisotopic (exact) mass is 263 g/mol. The van der Waals surface area contributed by atoms with Gasteiger partial charge < -0.3 is 4.57 Å². The Kier molecular flexibility index (Phi) is 3.59. The van der Waals surface area contributed by atoms with E-state index in [9.17, 15) is 0 Å². The first-order valence-corrected chi connectivity index (χ1v) is 6.87. The van der Waals surface area contributed by atoms with Crippen molar-refractivity contribution < 1.29 is 0 Å². The molecule has 0 fully saturated rings. The molecule has 3 heteroatoms. The van der Waals surface area contributed by atoms with Crippen LogP contribution in [0.15, 0.2) is 59.6 Å². The number of benzene rings is 2. The molecule has 0 aliphatic heterocycles. The fourth-order valence-electron chi connectivity index (χ4n) is 2.34. The standard InChI is InChI=1S/C17H17N3/c1-2-20-16-11-7-6-10-15(16)19-17(20)13-18-12-14-8-4-3-5-9-14/h3-11,13H,2,12H2,1H3. The Morgan fingerprint density at radius 1 is 1.05 bits per heavy atom. The van der Waals surface area contributed by atoms with Crippen molar-refractivity contribution in [2.24, 2.45) is 4.99 Å². The molecule has 1 aromatic heterocycles. The Bertz CT molecular complexity index is 726. The van der Waals surface area contributed by atoms with Crippen LogP contribution in [0, 0.1) is 0 Å². The van der Waals surface area contributed by atoms with Crippen LogP contribution in [-0.2, 0) is 13.1 Å². The largest absolute Gasteiger partial charge is 0.323 e. The number of hydrogen-bond donors (Lipinski definition) is 0. The Morgan fingerprint density at radius 2 is 1.80 bits per heavy atom. The van der Waals surface area contributed by atoms with Gasteiger partial charge in [0, 0.05) is 6.54 Å². The first-order chi connectivity index (χ1) is 9.88. The van der Waals surface area contributed by atoms with Crippen LogP contribution in [0.4, 0.5) is 0 Å². The third-order valence-electron chi connectivity index (χ3n) is 3.32. The average molecular weight is 263 g/mol. The van der Waals surface area contributed by atoms with Gasteiger partial charge in [0.15, 0.2) is 5.82 Å². The van der Waals surface area contributed by atoms with Gasteiger partial charge >= 0.3 is 0 Å². The van der Waals surface area contributed by atoms with E-state index < -0.39 is 0 Å². The number of aromatic nitrogens is 2. The molecule has 0 bridgehead atoms. The molecule has 3 rings (SSSR count). The summed E-state index contributed by atoms with van der Waals surface area (Å²) in [6.07, 6.45) is 1.87. The Balaban J connectivity index is 1.87. The van der Waals surface area contributed by atoms with Crippen molar-refractivity contribution in [3.05, 3.63) is 66.0 Å². The smallest absolute Gasteiger partial charge is 0.151 e. The van der Waals surface area contributed by atoms with Gasteiger partial charge in [0.25, 0.3) is 0 Å². The minimum Gasteiger partial charge on any atom is -0.323 e. The lowest BCUT2D eigenvalue weighted by molar-refractivity contribution is 0.779. The second-order valence-electron chi connectivity index (χ2n) is 4.66. The van der Waals surface area contributed by atoms with Gasteiger partial charge in [-0.3, -0.25) is 4.99 Å². The van der Waals surface area contributed by atoms with E-state index in [1.165, 1.54) is 5.56 Å². The summed E-state index contributed by atoms with van der Waals surface area (Å²) in [5, 5.41) is 0. The number of rotatable bonds is 4. The van der Waals surface area contributed by atoms with Gasteiger partial charge in [-0.25, -0.2) is 4.98 Å². The Morgan fingerprint density at radius 3 is 2.60 bits per heavy atom. The average Bonchev–Trinajstić information content (AvgIpc) is 2.86. The second kappa shape index (κ2) is 5.70. The predicted octanol–water partition coefficient (Wildman–Crippen LogP) is 3.68. The molecule has 0 atom stereocenters. The van der Waals surface area contributed by atoms with Crippen molar-refractivity contribution >= 4 is 17.2 Å². The lowest BCUT2D eigenvalue weighted by Gasteiger charge is -2.01. The molecular formula is C17H17N3. The van der Waals surface area contributed by atoms with Gasteiger partial charge in [0.2, 0.25) is 0 Å². The molecule has 0 saturated heterocycles. The van der Waals surface area contributed by atoms with E-state index in [2.05, 4.69) is 39.7 Å². The lowest BCUT2D eigenvalue weighted by atomic mass is 10.2. The number of para-hydroxylation sites is 2. The molecule has 3 nitrogen and oxygen atoms in total. The number of hydrogen-bond acceptors (Lipinski definition) is 2. The highest BCUT2D eigenvalue weighted by atomic mass is 15.1. The second-order valence-corrected chi connectivity index (χ2v) is 4.66. The van der Waals surface area contributed by atoms with Crippen LogP contribution in [0.1, 0.15) is 18.3 Å². The fourth-order valence-corrected chi connectivity index (χ4v) is 2.34. The summed E-state index contributed by atoms with van der Waals surface area (Å²) in [6.45, 7) is 3.71. The van der Waals surface area contributed by atoms with Crippen molar-refractivity contribution in [1.82, 2.24) is 9.55 Å².